The molecule has 0 aliphatic heterocycles. The quantitative estimate of drug-likeness (QED) is 0.618. The van der Waals surface area contributed by atoms with Crippen molar-refractivity contribution in [2.75, 3.05) is 0 Å². The van der Waals surface area contributed by atoms with Crippen molar-refractivity contribution < 1.29 is 11.6 Å². The number of halogens is 1. The van der Waals surface area contributed by atoms with E-state index in [9.17, 15) is 4.79 Å². The van der Waals surface area contributed by atoms with Crippen molar-refractivity contribution in [3.8, 4) is 0 Å². The molecule has 13 heavy (non-hydrogen) atoms. The topological polar surface area (TPSA) is 34.9 Å². The Morgan fingerprint density at radius 3 is 3.00 bits per heavy atom. The number of nitrogens with zero attached hydrogens (tertiary/aromatic N) is 2. The van der Waals surface area contributed by atoms with Gasteiger partial charge in [-0.15, -0.1) is 0 Å². The Kier molecular flexibility index (Phi) is 1.81. The van der Waals surface area contributed by atoms with Crippen LogP contribution in [0.4, 0.5) is 0 Å². The maximum Gasteiger partial charge on any atom is 0.260 e. The Hall–Kier alpha value is -1.35. The second-order valence-electron chi connectivity index (χ2n) is 2.84. The molecule has 0 bridgehead atoms. The minimum Gasteiger partial charge on any atom is -0.302 e. The lowest BCUT2D eigenvalue weighted by Crippen LogP contribution is -2.16. The molecule has 0 saturated heterocycles. The van der Waals surface area contributed by atoms with E-state index in [0.29, 0.717) is 15.9 Å². The van der Waals surface area contributed by atoms with Crippen LogP contribution >= 0.6 is 0 Å². The third kappa shape index (κ3) is 1.31. The van der Waals surface area contributed by atoms with Gasteiger partial charge in [-0.05, 0) is 6.07 Å². The molecule has 0 amide bonds. The molecule has 0 N–H and O–H groups in total. The van der Waals surface area contributed by atoms with Gasteiger partial charge in [0.05, 0.1) is 17.2 Å². The van der Waals surface area contributed by atoms with Gasteiger partial charge in [0.2, 0.25) is 5.02 Å². The zero-order valence-electron chi connectivity index (χ0n) is 7.02. The molecule has 2 aromatic rings. The van der Waals surface area contributed by atoms with Crippen LogP contribution in [0.2, 0.25) is 5.02 Å². The highest BCUT2D eigenvalue weighted by molar-refractivity contribution is 5.77. The van der Waals surface area contributed by atoms with Gasteiger partial charge in [-0.3, -0.25) is 4.79 Å². The standard InChI is InChI=1S/C9H8ClN2O/c1-12-5-11-8-4-6(10)2-3-7(8)9(12)13/h2-5,10H,1H3/q+1. The van der Waals surface area contributed by atoms with Crippen molar-refractivity contribution >= 4 is 10.9 Å². The Morgan fingerprint density at radius 2 is 2.23 bits per heavy atom. The summed E-state index contributed by atoms with van der Waals surface area (Å²) in [5.74, 6) is 0. The molecule has 0 radical (unpaired) electrons. The van der Waals surface area contributed by atoms with Gasteiger partial charge in [-0.25, -0.2) is 4.98 Å². The molecule has 1 aromatic heterocycles. The van der Waals surface area contributed by atoms with E-state index in [4.69, 9.17) is 11.6 Å². The van der Waals surface area contributed by atoms with Crippen molar-refractivity contribution in [2.45, 2.75) is 0 Å². The van der Waals surface area contributed by atoms with Crippen LogP contribution < -0.4 is 5.56 Å². The van der Waals surface area contributed by atoms with Gasteiger partial charge >= 0.3 is 0 Å². The number of benzene rings is 1. The Bertz CT molecular complexity index is 518. The molecule has 0 unspecified atom stereocenters. The molecule has 66 valence electrons. The van der Waals surface area contributed by atoms with Crippen molar-refractivity contribution in [3.05, 3.63) is 39.9 Å². The van der Waals surface area contributed by atoms with Gasteiger partial charge in [0, 0.05) is 19.2 Å². The summed E-state index contributed by atoms with van der Waals surface area (Å²) in [4.78, 5) is 15.6. The van der Waals surface area contributed by atoms with Crippen molar-refractivity contribution in [1.82, 2.24) is 9.55 Å². The van der Waals surface area contributed by atoms with Gasteiger partial charge in [0.1, 0.15) is 0 Å². The van der Waals surface area contributed by atoms with Gasteiger partial charge < -0.3 is 4.57 Å². The van der Waals surface area contributed by atoms with Crippen LogP contribution in [-0.4, -0.2) is 9.55 Å². The summed E-state index contributed by atoms with van der Waals surface area (Å²) in [6.07, 6.45) is 1.50. The summed E-state index contributed by atoms with van der Waals surface area (Å²) in [5.41, 5.74) is 0.621. The van der Waals surface area contributed by atoms with Crippen LogP contribution in [0.25, 0.3) is 10.9 Å². The number of fused-ring (bicyclic) bond motifs is 1. The van der Waals surface area contributed by atoms with Gasteiger partial charge in [0.25, 0.3) is 5.56 Å². The molecule has 4 heteroatoms. The lowest BCUT2D eigenvalue weighted by Gasteiger charge is -1.97. The number of hydrogen-bond acceptors (Lipinski definition) is 2. The first-order chi connectivity index (χ1) is 6.18. The van der Waals surface area contributed by atoms with Crippen LogP contribution in [0, 0.1) is 11.6 Å². The number of aryl methyl sites for hydroxylation is 1. The second-order valence-corrected chi connectivity index (χ2v) is 3.31. The molecule has 1 aromatic carbocycles. The first-order valence-electron chi connectivity index (χ1n) is 3.81. The first kappa shape index (κ1) is 8.26. The van der Waals surface area contributed by atoms with Crippen LogP contribution in [0.3, 0.4) is 0 Å². The smallest absolute Gasteiger partial charge is 0.260 e. The molecular weight excluding hydrogens is 188 g/mol. The largest absolute Gasteiger partial charge is 0.302 e. The monoisotopic (exact) mass is 195 g/mol. The second kappa shape index (κ2) is 2.85. The van der Waals surface area contributed by atoms with E-state index in [1.807, 2.05) is 0 Å². The maximum atomic E-state index is 11.5. The molecule has 0 aliphatic carbocycles. The first-order valence-corrected chi connectivity index (χ1v) is 4.22. The highest BCUT2D eigenvalue weighted by Crippen LogP contribution is 2.09. The molecule has 2 rings (SSSR count). The van der Waals surface area contributed by atoms with Crippen LogP contribution in [0.15, 0.2) is 29.3 Å². The van der Waals surface area contributed by atoms with E-state index in [-0.39, 0.29) is 5.56 Å². The zero-order valence-corrected chi connectivity index (χ0v) is 7.84. The predicted molar refractivity (Wildman–Crippen MR) is 47.5 cm³/mol. The lowest BCUT2D eigenvalue weighted by atomic mass is 10.2. The number of hydrogen-bond donors (Lipinski definition) is 0. The van der Waals surface area contributed by atoms with Crippen LogP contribution in [0.1, 0.15) is 0 Å². The van der Waals surface area contributed by atoms with Gasteiger partial charge in [0.15, 0.2) is 11.6 Å². The fourth-order valence-electron chi connectivity index (χ4n) is 1.19. The van der Waals surface area contributed by atoms with E-state index in [0.717, 1.165) is 0 Å². The lowest BCUT2D eigenvalue weighted by molar-refractivity contribution is -0.288. The molecule has 0 aliphatic rings. The molecule has 3 nitrogen and oxygen atoms in total. The van der Waals surface area contributed by atoms with Crippen molar-refractivity contribution in [1.29, 1.82) is 0 Å². The highest BCUT2D eigenvalue weighted by atomic mass is 35.5. The van der Waals surface area contributed by atoms with Gasteiger partial charge in [-0.1, -0.05) is 0 Å². The Balaban J connectivity index is 2.95. The Labute approximate surface area is 79.6 Å². The van der Waals surface area contributed by atoms with E-state index >= 15 is 0 Å². The maximum absolute atomic E-state index is 11.5. The highest BCUT2D eigenvalue weighted by Gasteiger charge is 2.04. The summed E-state index contributed by atoms with van der Waals surface area (Å²) in [5, 5.41) is 1.31. The number of aromatic nitrogens is 2. The normalized spacial score (nSPS) is 10.6. The zero-order chi connectivity index (χ0) is 9.42. The number of rotatable bonds is 0. The van der Waals surface area contributed by atoms with E-state index in [1.165, 1.54) is 10.9 Å². The SMILES string of the molecule is Cn1cnc2cc([ClH+])ccc2c1=O. The van der Waals surface area contributed by atoms with E-state index in [2.05, 4.69) is 4.98 Å². The van der Waals surface area contributed by atoms with Gasteiger partial charge in [-0.2, -0.15) is 0 Å². The summed E-state index contributed by atoms with van der Waals surface area (Å²) in [6, 6.07) is 5.18. The molecule has 1 heterocycles. The van der Waals surface area contributed by atoms with Crippen LogP contribution in [0.5, 0.6) is 0 Å². The fourth-order valence-corrected chi connectivity index (χ4v) is 1.37. The fraction of sp³-hybridized carbons (Fsp3) is 0.111. The summed E-state index contributed by atoms with van der Waals surface area (Å²) in [7, 11) is 1.68. The summed E-state index contributed by atoms with van der Waals surface area (Å²) < 4.78 is 1.45. The van der Waals surface area contributed by atoms with Crippen LogP contribution in [-0.2, 0) is 7.05 Å². The average Bonchev–Trinajstić information content (AvgIpc) is 2.12. The van der Waals surface area contributed by atoms with Crippen molar-refractivity contribution in [2.24, 2.45) is 7.05 Å². The summed E-state index contributed by atoms with van der Waals surface area (Å²) in [6.45, 7) is 0. The minimum absolute atomic E-state index is 0.0417. The van der Waals surface area contributed by atoms with E-state index < -0.39 is 0 Å². The van der Waals surface area contributed by atoms with E-state index in [1.54, 1.807) is 25.2 Å². The minimum atomic E-state index is -0.0417. The third-order valence-electron chi connectivity index (χ3n) is 1.89. The molecule has 0 atom stereocenters. The molecule has 0 saturated carbocycles. The molecular formula is C9H8ClN2O+. The average molecular weight is 196 g/mol. The van der Waals surface area contributed by atoms with Crippen molar-refractivity contribution in [3.63, 3.8) is 0 Å². The summed E-state index contributed by atoms with van der Waals surface area (Å²) >= 11 is 4.97. The third-order valence-corrected chi connectivity index (χ3v) is 2.14. The molecule has 0 spiro atoms. The predicted octanol–water partition coefficient (Wildman–Crippen LogP) is 0.630. The molecule has 0 fully saturated rings. The Morgan fingerprint density at radius 1 is 1.46 bits per heavy atom.